The second-order valence-corrected chi connectivity index (χ2v) is 11.3. The van der Waals surface area contributed by atoms with Crippen molar-refractivity contribution < 1.29 is 27.8 Å². The van der Waals surface area contributed by atoms with Crippen molar-refractivity contribution in [3.8, 4) is 17.0 Å². The molecule has 8 nitrogen and oxygen atoms in total. The SMILES string of the molecule is CCCCc1ccc(-c2ccc(C(Oc3cc(N4CCC5(CC4)CN[C@H](C(=O)O)C5)nc(N)n3)C(F)(F)F)cc2)cc1. The largest absolute Gasteiger partial charge is 0.480 e. The number of nitrogens with zero attached hydrogens (tertiary/aromatic N) is 3. The Hall–Kier alpha value is -3.86. The number of hydrogen-bond acceptors (Lipinski definition) is 7. The molecule has 2 aliphatic rings. The van der Waals surface area contributed by atoms with E-state index in [0.717, 1.165) is 43.2 Å². The molecular formula is C31H36F3N5O3. The first-order valence-corrected chi connectivity index (χ1v) is 14.3. The summed E-state index contributed by atoms with van der Waals surface area (Å²) in [5.74, 6) is -0.924. The zero-order valence-corrected chi connectivity index (χ0v) is 23.5. The second-order valence-electron chi connectivity index (χ2n) is 11.3. The fourth-order valence-electron chi connectivity index (χ4n) is 5.88. The van der Waals surface area contributed by atoms with Crippen LogP contribution in [0.5, 0.6) is 5.88 Å². The molecule has 42 heavy (non-hydrogen) atoms. The molecule has 0 aliphatic carbocycles. The summed E-state index contributed by atoms with van der Waals surface area (Å²) in [6.45, 7) is 3.89. The number of ether oxygens (including phenoxy) is 1. The first kappa shape index (κ1) is 29.6. The summed E-state index contributed by atoms with van der Waals surface area (Å²) in [4.78, 5) is 21.5. The standard InChI is InChI=1S/C31H36F3N5O3/c1-2-3-4-20-5-7-21(8-6-20)22-9-11-23(12-10-22)27(31(32,33)34)42-26-17-25(37-29(35)38-26)39-15-13-30(14-16-39)18-24(28(40)41)36-19-30/h5-12,17,24,27,36H,2-4,13-16,18-19H2,1H3,(H,40,41)(H2,35,37,38)/t24-,27?/m0/s1. The van der Waals surface area contributed by atoms with Gasteiger partial charge in [0.2, 0.25) is 17.9 Å². The zero-order valence-electron chi connectivity index (χ0n) is 23.5. The van der Waals surface area contributed by atoms with E-state index in [4.69, 9.17) is 10.5 Å². The fraction of sp³-hybridized carbons (Fsp3) is 0.452. The molecular weight excluding hydrogens is 547 g/mol. The zero-order chi connectivity index (χ0) is 29.9. The van der Waals surface area contributed by atoms with E-state index in [1.165, 1.54) is 23.8 Å². The van der Waals surface area contributed by atoms with Gasteiger partial charge in [0.25, 0.3) is 0 Å². The van der Waals surface area contributed by atoms with E-state index in [0.29, 0.717) is 31.9 Å². The van der Waals surface area contributed by atoms with E-state index in [9.17, 15) is 23.1 Å². The van der Waals surface area contributed by atoms with E-state index in [2.05, 4.69) is 34.3 Å². The van der Waals surface area contributed by atoms with Crippen LogP contribution in [0.1, 0.15) is 56.3 Å². The molecule has 1 unspecified atom stereocenters. The van der Waals surface area contributed by atoms with Crippen LogP contribution >= 0.6 is 0 Å². The van der Waals surface area contributed by atoms with Gasteiger partial charge in [0.1, 0.15) is 11.9 Å². The highest BCUT2D eigenvalue weighted by Crippen LogP contribution is 2.41. The molecule has 4 N–H and O–H groups in total. The number of carboxylic acids is 1. The number of carbonyl (C=O) groups is 1. The third kappa shape index (κ3) is 6.78. The van der Waals surface area contributed by atoms with E-state index >= 15 is 0 Å². The van der Waals surface area contributed by atoms with E-state index in [1.807, 2.05) is 17.0 Å². The number of rotatable bonds is 9. The molecule has 1 aromatic heterocycles. The van der Waals surface area contributed by atoms with Crippen molar-refractivity contribution in [3.05, 3.63) is 65.7 Å². The Balaban J connectivity index is 1.29. The Morgan fingerprint density at radius 3 is 2.33 bits per heavy atom. The lowest BCUT2D eigenvalue weighted by molar-refractivity contribution is -0.198. The maximum atomic E-state index is 14.2. The van der Waals surface area contributed by atoms with Crippen molar-refractivity contribution in [2.45, 2.75) is 63.8 Å². The van der Waals surface area contributed by atoms with Crippen molar-refractivity contribution >= 4 is 17.7 Å². The Morgan fingerprint density at radius 1 is 1.12 bits per heavy atom. The summed E-state index contributed by atoms with van der Waals surface area (Å²) in [5, 5.41) is 12.4. The quantitative estimate of drug-likeness (QED) is 0.290. The number of nitrogens with one attached hydrogen (secondary N) is 1. The van der Waals surface area contributed by atoms with Gasteiger partial charge in [-0.2, -0.15) is 23.1 Å². The number of aryl methyl sites for hydroxylation is 1. The number of halogens is 3. The molecule has 224 valence electrons. The number of piperidine rings is 1. The first-order valence-electron chi connectivity index (χ1n) is 14.3. The average molecular weight is 584 g/mol. The number of anilines is 2. The summed E-state index contributed by atoms with van der Waals surface area (Å²) >= 11 is 0. The highest BCUT2D eigenvalue weighted by Gasteiger charge is 2.45. The fourth-order valence-corrected chi connectivity index (χ4v) is 5.88. The van der Waals surface area contributed by atoms with Gasteiger partial charge in [-0.25, -0.2) is 0 Å². The number of benzene rings is 2. The van der Waals surface area contributed by atoms with Gasteiger partial charge < -0.3 is 25.8 Å². The highest BCUT2D eigenvalue weighted by atomic mass is 19.4. The number of nitrogen functional groups attached to an aromatic ring is 1. The number of nitrogens with two attached hydrogens (primary N) is 1. The molecule has 2 aromatic carbocycles. The number of aliphatic carboxylic acids is 1. The molecule has 5 rings (SSSR count). The summed E-state index contributed by atoms with van der Waals surface area (Å²) in [7, 11) is 0. The van der Waals surface area contributed by atoms with Gasteiger partial charge in [-0.15, -0.1) is 0 Å². The van der Waals surface area contributed by atoms with Gasteiger partial charge in [0.05, 0.1) is 0 Å². The van der Waals surface area contributed by atoms with Gasteiger partial charge in [-0.3, -0.25) is 4.79 Å². The molecule has 0 bridgehead atoms. The average Bonchev–Trinajstić information content (AvgIpc) is 3.38. The summed E-state index contributed by atoms with van der Waals surface area (Å²) < 4.78 is 48.1. The molecule has 0 saturated carbocycles. The van der Waals surface area contributed by atoms with Crippen molar-refractivity contribution in [2.75, 3.05) is 30.3 Å². The molecule has 2 aliphatic heterocycles. The molecule has 3 aromatic rings. The molecule has 3 heterocycles. The number of carboxylic acid groups (broad SMARTS) is 1. The number of hydrogen-bond donors (Lipinski definition) is 3. The van der Waals surface area contributed by atoms with Crippen LogP contribution in [0.3, 0.4) is 0 Å². The number of aromatic nitrogens is 2. The predicted molar refractivity (Wildman–Crippen MR) is 154 cm³/mol. The van der Waals surface area contributed by atoms with Crippen molar-refractivity contribution in [1.29, 1.82) is 0 Å². The van der Waals surface area contributed by atoms with Crippen LogP contribution in [0.25, 0.3) is 11.1 Å². The minimum absolute atomic E-state index is 0.0498. The van der Waals surface area contributed by atoms with Crippen LogP contribution in [-0.2, 0) is 11.2 Å². The van der Waals surface area contributed by atoms with Gasteiger partial charge in [-0.1, -0.05) is 61.9 Å². The Bertz CT molecular complexity index is 1370. The van der Waals surface area contributed by atoms with Gasteiger partial charge in [0.15, 0.2) is 0 Å². The summed E-state index contributed by atoms with van der Waals surface area (Å²) in [6.07, 6.45) is -1.72. The molecule has 0 radical (unpaired) electrons. The first-order chi connectivity index (χ1) is 20.0. The van der Waals surface area contributed by atoms with Crippen LogP contribution in [0.15, 0.2) is 54.6 Å². The molecule has 2 fully saturated rings. The Morgan fingerprint density at radius 2 is 1.76 bits per heavy atom. The minimum atomic E-state index is -4.70. The van der Waals surface area contributed by atoms with Crippen molar-refractivity contribution in [2.24, 2.45) is 5.41 Å². The van der Waals surface area contributed by atoms with E-state index < -0.39 is 24.3 Å². The Labute approximate surface area is 243 Å². The molecule has 0 amide bonds. The van der Waals surface area contributed by atoms with Crippen molar-refractivity contribution in [3.63, 3.8) is 0 Å². The lowest BCUT2D eigenvalue weighted by Gasteiger charge is -2.39. The molecule has 11 heteroatoms. The molecule has 2 atom stereocenters. The van der Waals surface area contributed by atoms with Crippen LogP contribution < -0.4 is 20.7 Å². The maximum Gasteiger partial charge on any atom is 0.429 e. The van der Waals surface area contributed by atoms with Crippen LogP contribution in [-0.4, -0.2) is 52.9 Å². The number of unbranched alkanes of at least 4 members (excludes halogenated alkanes) is 1. The van der Waals surface area contributed by atoms with Gasteiger partial charge >= 0.3 is 12.1 Å². The monoisotopic (exact) mass is 583 g/mol. The third-order valence-corrected chi connectivity index (χ3v) is 8.37. The summed E-state index contributed by atoms with van der Waals surface area (Å²) in [6, 6.07) is 15.1. The maximum absolute atomic E-state index is 14.2. The normalized spacial score (nSPS) is 19.1. The van der Waals surface area contributed by atoms with Crippen molar-refractivity contribution in [1.82, 2.24) is 15.3 Å². The molecule has 1 spiro atoms. The van der Waals surface area contributed by atoms with Crippen LogP contribution in [0.2, 0.25) is 0 Å². The minimum Gasteiger partial charge on any atom is -0.480 e. The van der Waals surface area contributed by atoms with Crippen LogP contribution in [0.4, 0.5) is 24.9 Å². The van der Waals surface area contributed by atoms with Crippen LogP contribution in [0, 0.1) is 5.41 Å². The van der Waals surface area contributed by atoms with E-state index in [1.54, 1.807) is 12.1 Å². The topological polar surface area (TPSA) is 114 Å². The van der Waals surface area contributed by atoms with E-state index in [-0.39, 0.29) is 22.8 Å². The Kier molecular flexibility index (Phi) is 8.58. The smallest absolute Gasteiger partial charge is 0.429 e. The lowest BCUT2D eigenvalue weighted by Crippen LogP contribution is -2.41. The second kappa shape index (κ2) is 12.2. The lowest BCUT2D eigenvalue weighted by atomic mass is 9.76. The predicted octanol–water partition coefficient (Wildman–Crippen LogP) is 5.78. The number of alkyl halides is 3. The summed E-state index contributed by atoms with van der Waals surface area (Å²) in [5.41, 5.74) is 8.69. The van der Waals surface area contributed by atoms with Gasteiger partial charge in [-0.05, 0) is 54.2 Å². The van der Waals surface area contributed by atoms with Gasteiger partial charge in [0, 0.05) is 31.3 Å². The highest BCUT2D eigenvalue weighted by molar-refractivity contribution is 5.74. The third-order valence-electron chi connectivity index (χ3n) is 8.37. The molecule has 2 saturated heterocycles.